The summed E-state index contributed by atoms with van der Waals surface area (Å²) in [5.41, 5.74) is 0.399. The Morgan fingerprint density at radius 2 is 2.20 bits per heavy atom. The molecule has 0 bridgehead atoms. The van der Waals surface area contributed by atoms with Crippen LogP contribution in [0.15, 0.2) is 43.0 Å². The van der Waals surface area contributed by atoms with Crippen LogP contribution in [-0.2, 0) is 6.42 Å². The molecule has 1 heterocycles. The zero-order valence-corrected chi connectivity index (χ0v) is 7.93. The molecule has 2 aromatic rings. The van der Waals surface area contributed by atoms with Gasteiger partial charge in [0.05, 0.1) is 6.42 Å². The minimum absolute atomic E-state index is 0.0447. The summed E-state index contributed by atoms with van der Waals surface area (Å²) in [6.45, 7) is 0. The largest absolute Gasteiger partial charge is 0.276 e. The fourth-order valence-corrected chi connectivity index (χ4v) is 1.30. The van der Waals surface area contributed by atoms with Crippen LogP contribution in [0.4, 0.5) is 4.39 Å². The van der Waals surface area contributed by atoms with E-state index in [1.54, 1.807) is 24.4 Å². The van der Waals surface area contributed by atoms with Crippen LogP contribution in [0.1, 0.15) is 10.4 Å². The molecule has 1 aromatic carbocycles. The van der Waals surface area contributed by atoms with Crippen LogP contribution in [0, 0.1) is 5.82 Å². The van der Waals surface area contributed by atoms with Crippen molar-refractivity contribution in [3.05, 3.63) is 54.4 Å². The molecule has 76 valence electrons. The lowest BCUT2D eigenvalue weighted by atomic mass is 10.1. The Balaban J connectivity index is 2.17. The zero-order chi connectivity index (χ0) is 10.7. The van der Waals surface area contributed by atoms with Crippen LogP contribution in [0.2, 0.25) is 0 Å². The number of carbonyl (C=O) groups excluding carboxylic acids is 1. The normalized spacial score (nSPS) is 10.2. The van der Waals surface area contributed by atoms with Crippen LogP contribution < -0.4 is 0 Å². The molecule has 4 heteroatoms. The number of aromatic nitrogens is 2. The van der Waals surface area contributed by atoms with Crippen LogP contribution in [-0.4, -0.2) is 15.5 Å². The molecule has 0 saturated heterocycles. The van der Waals surface area contributed by atoms with Gasteiger partial charge in [-0.1, -0.05) is 18.2 Å². The quantitative estimate of drug-likeness (QED) is 0.748. The SMILES string of the molecule is O=C(Cc1ccccc1F)n1ccnc1. The number of hydrogen-bond donors (Lipinski definition) is 0. The molecule has 0 aliphatic carbocycles. The lowest BCUT2D eigenvalue weighted by molar-refractivity contribution is 0.0912. The topological polar surface area (TPSA) is 34.9 Å². The highest BCUT2D eigenvalue weighted by atomic mass is 19.1. The average Bonchev–Trinajstić information content (AvgIpc) is 2.74. The molecule has 0 aliphatic rings. The monoisotopic (exact) mass is 204 g/mol. The summed E-state index contributed by atoms with van der Waals surface area (Å²) in [5, 5.41) is 0. The maximum atomic E-state index is 13.2. The van der Waals surface area contributed by atoms with E-state index < -0.39 is 0 Å². The molecule has 3 nitrogen and oxygen atoms in total. The van der Waals surface area contributed by atoms with E-state index in [1.807, 2.05) is 0 Å². The summed E-state index contributed by atoms with van der Waals surface area (Å²) >= 11 is 0. The molecular weight excluding hydrogens is 195 g/mol. The van der Waals surface area contributed by atoms with E-state index in [0.717, 1.165) is 0 Å². The Kier molecular flexibility index (Phi) is 2.58. The molecule has 0 N–H and O–H groups in total. The lowest BCUT2D eigenvalue weighted by Gasteiger charge is -2.02. The van der Waals surface area contributed by atoms with Gasteiger partial charge in [-0.15, -0.1) is 0 Å². The molecule has 0 atom stereocenters. The Morgan fingerprint density at radius 1 is 1.40 bits per heavy atom. The van der Waals surface area contributed by atoms with E-state index in [1.165, 1.54) is 23.2 Å². The van der Waals surface area contributed by atoms with Gasteiger partial charge in [-0.25, -0.2) is 9.37 Å². The minimum atomic E-state index is -0.356. The average molecular weight is 204 g/mol. The molecule has 0 fully saturated rings. The summed E-state index contributed by atoms with van der Waals surface area (Å²) in [5.74, 6) is -0.552. The highest BCUT2D eigenvalue weighted by Crippen LogP contribution is 2.08. The van der Waals surface area contributed by atoms with Gasteiger partial charge in [0.2, 0.25) is 5.91 Å². The van der Waals surface area contributed by atoms with E-state index in [0.29, 0.717) is 5.56 Å². The molecule has 1 aromatic heterocycles. The third kappa shape index (κ3) is 2.10. The lowest BCUT2D eigenvalue weighted by Crippen LogP contribution is -2.12. The molecule has 0 unspecified atom stereocenters. The van der Waals surface area contributed by atoms with Crippen molar-refractivity contribution in [1.82, 2.24) is 9.55 Å². The van der Waals surface area contributed by atoms with E-state index in [4.69, 9.17) is 0 Å². The number of rotatable bonds is 2. The molecule has 0 saturated carbocycles. The second kappa shape index (κ2) is 4.04. The zero-order valence-electron chi connectivity index (χ0n) is 7.93. The predicted molar refractivity (Wildman–Crippen MR) is 53.0 cm³/mol. The first-order valence-corrected chi connectivity index (χ1v) is 4.52. The molecule has 0 radical (unpaired) electrons. The van der Waals surface area contributed by atoms with Gasteiger partial charge >= 0.3 is 0 Å². The van der Waals surface area contributed by atoms with Crippen molar-refractivity contribution in [1.29, 1.82) is 0 Å². The molecular formula is C11H9FN2O. The van der Waals surface area contributed by atoms with E-state index in [2.05, 4.69) is 4.98 Å². The third-order valence-electron chi connectivity index (χ3n) is 2.09. The number of halogens is 1. The first-order valence-electron chi connectivity index (χ1n) is 4.52. The van der Waals surface area contributed by atoms with Gasteiger partial charge in [0.1, 0.15) is 12.1 Å². The van der Waals surface area contributed by atoms with Crippen LogP contribution in [0.3, 0.4) is 0 Å². The Bertz CT molecular complexity index is 465. The number of imidazole rings is 1. The first-order chi connectivity index (χ1) is 7.27. The van der Waals surface area contributed by atoms with Crippen molar-refractivity contribution in [2.45, 2.75) is 6.42 Å². The molecule has 15 heavy (non-hydrogen) atoms. The van der Waals surface area contributed by atoms with Gasteiger partial charge < -0.3 is 0 Å². The highest BCUT2D eigenvalue weighted by molar-refractivity contribution is 5.81. The smallest absolute Gasteiger partial charge is 0.236 e. The highest BCUT2D eigenvalue weighted by Gasteiger charge is 2.08. The standard InChI is InChI=1S/C11H9FN2O/c12-10-4-2-1-3-9(10)7-11(15)14-6-5-13-8-14/h1-6,8H,7H2. The molecule has 0 spiro atoms. The fourth-order valence-electron chi connectivity index (χ4n) is 1.30. The summed E-state index contributed by atoms with van der Waals surface area (Å²) in [4.78, 5) is 15.3. The van der Waals surface area contributed by atoms with Crippen LogP contribution in [0.25, 0.3) is 0 Å². The van der Waals surface area contributed by atoms with E-state index >= 15 is 0 Å². The number of nitrogens with zero attached hydrogens (tertiary/aromatic N) is 2. The Morgan fingerprint density at radius 3 is 2.87 bits per heavy atom. The fraction of sp³-hybridized carbons (Fsp3) is 0.0909. The Labute approximate surface area is 86.2 Å². The van der Waals surface area contributed by atoms with Crippen molar-refractivity contribution in [2.24, 2.45) is 0 Å². The van der Waals surface area contributed by atoms with E-state index in [9.17, 15) is 9.18 Å². The van der Waals surface area contributed by atoms with Gasteiger partial charge in [-0.2, -0.15) is 0 Å². The van der Waals surface area contributed by atoms with Crippen molar-refractivity contribution in [3.63, 3.8) is 0 Å². The van der Waals surface area contributed by atoms with Gasteiger partial charge in [0, 0.05) is 12.4 Å². The number of carbonyl (C=O) groups is 1. The maximum absolute atomic E-state index is 13.2. The maximum Gasteiger partial charge on any atom is 0.236 e. The predicted octanol–water partition coefficient (Wildman–Crippen LogP) is 1.91. The molecule has 2 rings (SSSR count). The van der Waals surface area contributed by atoms with E-state index in [-0.39, 0.29) is 18.1 Å². The Hall–Kier alpha value is -1.97. The second-order valence-electron chi connectivity index (χ2n) is 3.13. The van der Waals surface area contributed by atoms with Gasteiger partial charge in [-0.3, -0.25) is 9.36 Å². The first kappa shape index (κ1) is 9.58. The molecule has 0 amide bonds. The van der Waals surface area contributed by atoms with Crippen LogP contribution >= 0.6 is 0 Å². The van der Waals surface area contributed by atoms with Crippen molar-refractivity contribution in [3.8, 4) is 0 Å². The second-order valence-corrected chi connectivity index (χ2v) is 3.13. The summed E-state index contributed by atoms with van der Waals surface area (Å²) in [6.07, 6.45) is 4.51. The summed E-state index contributed by atoms with van der Waals surface area (Å²) < 4.78 is 14.6. The molecule has 0 aliphatic heterocycles. The number of benzene rings is 1. The summed E-state index contributed by atoms with van der Waals surface area (Å²) in [6, 6.07) is 6.25. The minimum Gasteiger partial charge on any atom is -0.276 e. The van der Waals surface area contributed by atoms with Gasteiger partial charge in [-0.05, 0) is 11.6 Å². The third-order valence-corrected chi connectivity index (χ3v) is 2.09. The van der Waals surface area contributed by atoms with Crippen LogP contribution in [0.5, 0.6) is 0 Å². The summed E-state index contributed by atoms with van der Waals surface area (Å²) in [7, 11) is 0. The van der Waals surface area contributed by atoms with Gasteiger partial charge in [0.15, 0.2) is 0 Å². The van der Waals surface area contributed by atoms with Crippen molar-refractivity contribution >= 4 is 5.91 Å². The van der Waals surface area contributed by atoms with Gasteiger partial charge in [0.25, 0.3) is 0 Å². The van der Waals surface area contributed by atoms with Crippen molar-refractivity contribution in [2.75, 3.05) is 0 Å². The number of hydrogen-bond acceptors (Lipinski definition) is 2. The van der Waals surface area contributed by atoms with Crippen molar-refractivity contribution < 1.29 is 9.18 Å².